The summed E-state index contributed by atoms with van der Waals surface area (Å²) in [6, 6.07) is 5.62. The van der Waals surface area contributed by atoms with Gasteiger partial charge in [0.15, 0.2) is 17.3 Å². The number of benzene rings is 1. The number of nitrogens with zero attached hydrogens (tertiary/aromatic N) is 2. The summed E-state index contributed by atoms with van der Waals surface area (Å²) < 4.78 is 33.4. The summed E-state index contributed by atoms with van der Waals surface area (Å²) in [5.74, 6) is -1.31. The lowest BCUT2D eigenvalue weighted by Gasteiger charge is -2.14. The van der Waals surface area contributed by atoms with Gasteiger partial charge in [-0.05, 0) is 25.1 Å². The van der Waals surface area contributed by atoms with Crippen LogP contribution in [0.25, 0.3) is 0 Å². The van der Waals surface area contributed by atoms with Crippen LogP contribution in [0.5, 0.6) is 11.5 Å². The van der Waals surface area contributed by atoms with E-state index in [0.29, 0.717) is 22.0 Å². The first-order valence-electron chi connectivity index (χ1n) is 7.20. The van der Waals surface area contributed by atoms with Crippen molar-refractivity contribution in [2.45, 2.75) is 6.92 Å². The van der Waals surface area contributed by atoms with Crippen molar-refractivity contribution in [1.29, 1.82) is 0 Å². The van der Waals surface area contributed by atoms with Gasteiger partial charge in [0.2, 0.25) is 5.82 Å². The third-order valence-corrected chi connectivity index (χ3v) is 3.71. The third-order valence-electron chi connectivity index (χ3n) is 3.47. The Morgan fingerprint density at radius 2 is 1.92 bits per heavy atom. The Balaban J connectivity index is 1.91. The predicted octanol–water partition coefficient (Wildman–Crippen LogP) is 4.83. The lowest BCUT2D eigenvalue weighted by Crippen LogP contribution is -2.01. The number of halogens is 3. The lowest BCUT2D eigenvalue weighted by molar-refractivity contribution is 0.438. The molecular formula is C17H13ClF2N4O. The van der Waals surface area contributed by atoms with Crippen molar-refractivity contribution in [3.8, 4) is 11.5 Å². The topological polar surface area (TPSA) is 73.1 Å². The minimum atomic E-state index is -0.760. The van der Waals surface area contributed by atoms with Crippen molar-refractivity contribution in [1.82, 2.24) is 9.97 Å². The van der Waals surface area contributed by atoms with E-state index in [2.05, 4.69) is 15.3 Å². The molecule has 0 unspecified atom stereocenters. The van der Waals surface area contributed by atoms with Crippen LogP contribution >= 0.6 is 11.6 Å². The van der Waals surface area contributed by atoms with Crippen LogP contribution in [0.4, 0.5) is 26.0 Å². The molecule has 1 aromatic carbocycles. The predicted molar refractivity (Wildman–Crippen MR) is 92.3 cm³/mol. The average Bonchev–Trinajstić information content (AvgIpc) is 2.57. The van der Waals surface area contributed by atoms with E-state index in [1.165, 1.54) is 36.8 Å². The fraction of sp³-hybridized carbons (Fsp3) is 0.0588. The molecule has 0 aliphatic carbocycles. The molecule has 0 atom stereocenters. The van der Waals surface area contributed by atoms with Gasteiger partial charge < -0.3 is 15.8 Å². The van der Waals surface area contributed by atoms with Crippen molar-refractivity contribution in [3.05, 3.63) is 65.1 Å². The Morgan fingerprint density at radius 1 is 1.12 bits per heavy atom. The minimum absolute atomic E-state index is 0.0766. The van der Waals surface area contributed by atoms with Crippen molar-refractivity contribution >= 4 is 28.8 Å². The van der Waals surface area contributed by atoms with E-state index < -0.39 is 11.6 Å². The summed E-state index contributed by atoms with van der Waals surface area (Å²) >= 11 is 5.74. The second kappa shape index (κ2) is 6.90. The molecule has 0 bridgehead atoms. The third kappa shape index (κ3) is 3.61. The molecule has 25 heavy (non-hydrogen) atoms. The van der Waals surface area contributed by atoms with Gasteiger partial charge in [0, 0.05) is 22.8 Å². The average molecular weight is 363 g/mol. The van der Waals surface area contributed by atoms with E-state index in [0.717, 1.165) is 0 Å². The molecule has 3 rings (SSSR count). The van der Waals surface area contributed by atoms with Crippen LogP contribution in [0.15, 0.2) is 42.9 Å². The van der Waals surface area contributed by atoms with Crippen LogP contribution in [0.3, 0.4) is 0 Å². The highest BCUT2D eigenvalue weighted by Crippen LogP contribution is 2.33. The molecule has 0 spiro atoms. The molecule has 2 aromatic heterocycles. The molecule has 8 heteroatoms. The Hall–Kier alpha value is -2.93. The summed E-state index contributed by atoms with van der Waals surface area (Å²) in [7, 11) is 0. The largest absolute Gasteiger partial charge is 0.452 e. The van der Waals surface area contributed by atoms with Crippen molar-refractivity contribution in [2.75, 3.05) is 11.1 Å². The van der Waals surface area contributed by atoms with Gasteiger partial charge in [-0.2, -0.15) is 4.39 Å². The van der Waals surface area contributed by atoms with E-state index in [4.69, 9.17) is 22.1 Å². The molecule has 3 aromatic rings. The summed E-state index contributed by atoms with van der Waals surface area (Å²) in [5.41, 5.74) is 6.77. The van der Waals surface area contributed by atoms with Gasteiger partial charge in [-0.1, -0.05) is 11.6 Å². The molecule has 0 amide bonds. The number of hydrogen-bond donors (Lipinski definition) is 2. The second-order valence-electron chi connectivity index (χ2n) is 5.17. The monoisotopic (exact) mass is 362 g/mol. The number of nitrogen functional groups attached to an aromatic ring is 1. The van der Waals surface area contributed by atoms with Crippen molar-refractivity contribution in [2.24, 2.45) is 0 Å². The number of rotatable bonds is 4. The molecule has 128 valence electrons. The molecule has 0 aliphatic rings. The molecule has 0 fully saturated rings. The highest BCUT2D eigenvalue weighted by molar-refractivity contribution is 6.30. The quantitative estimate of drug-likeness (QED) is 0.695. The summed E-state index contributed by atoms with van der Waals surface area (Å²) in [6.07, 6.45) is 4.27. The summed E-state index contributed by atoms with van der Waals surface area (Å²) in [6.45, 7) is 1.73. The Kier molecular flexibility index (Phi) is 4.67. The second-order valence-corrected chi connectivity index (χ2v) is 5.61. The van der Waals surface area contributed by atoms with Crippen molar-refractivity contribution in [3.63, 3.8) is 0 Å². The Morgan fingerprint density at radius 3 is 2.68 bits per heavy atom. The molecule has 2 heterocycles. The highest BCUT2D eigenvalue weighted by atomic mass is 35.5. The van der Waals surface area contributed by atoms with Crippen LogP contribution < -0.4 is 15.8 Å². The fourth-order valence-corrected chi connectivity index (χ4v) is 2.27. The smallest absolute Gasteiger partial charge is 0.207 e. The van der Waals surface area contributed by atoms with Gasteiger partial charge in [0.05, 0.1) is 23.8 Å². The number of nitrogens with one attached hydrogen (secondary N) is 1. The van der Waals surface area contributed by atoms with Gasteiger partial charge in [0.25, 0.3) is 0 Å². The number of ether oxygens (including phenoxy) is 1. The van der Waals surface area contributed by atoms with Crippen molar-refractivity contribution < 1.29 is 13.5 Å². The normalized spacial score (nSPS) is 10.6. The number of aromatic nitrogens is 2. The fourth-order valence-electron chi connectivity index (χ4n) is 2.11. The Bertz CT molecular complexity index is 937. The molecule has 0 aliphatic heterocycles. The van der Waals surface area contributed by atoms with E-state index in [-0.39, 0.29) is 17.3 Å². The SMILES string of the molecule is Cc1c(Nc2ccc(Cl)cc2F)cncc1Oc1ccnc(N)c1F. The van der Waals surface area contributed by atoms with Gasteiger partial charge in [0.1, 0.15) is 5.82 Å². The molecule has 0 saturated carbocycles. The van der Waals surface area contributed by atoms with Crippen LogP contribution in [0.1, 0.15) is 5.56 Å². The van der Waals surface area contributed by atoms with E-state index in [1.54, 1.807) is 13.0 Å². The van der Waals surface area contributed by atoms with Crippen LogP contribution in [-0.4, -0.2) is 9.97 Å². The molecule has 0 radical (unpaired) electrons. The van der Waals surface area contributed by atoms with E-state index in [1.807, 2.05) is 0 Å². The first-order chi connectivity index (χ1) is 12.0. The Labute approximate surface area is 147 Å². The number of anilines is 3. The summed E-state index contributed by atoms with van der Waals surface area (Å²) in [5, 5.41) is 3.21. The van der Waals surface area contributed by atoms with Crippen LogP contribution in [0, 0.1) is 18.6 Å². The molecular weight excluding hydrogens is 350 g/mol. The van der Waals surface area contributed by atoms with Gasteiger partial charge >= 0.3 is 0 Å². The first-order valence-corrected chi connectivity index (χ1v) is 7.58. The maximum absolute atomic E-state index is 13.9. The first kappa shape index (κ1) is 16.9. The maximum atomic E-state index is 13.9. The van der Waals surface area contributed by atoms with Gasteiger partial charge in [-0.25, -0.2) is 9.37 Å². The van der Waals surface area contributed by atoms with Crippen LogP contribution in [-0.2, 0) is 0 Å². The number of pyridine rings is 2. The zero-order valence-electron chi connectivity index (χ0n) is 13.1. The number of nitrogens with two attached hydrogens (primary N) is 1. The molecule has 3 N–H and O–H groups in total. The number of hydrogen-bond acceptors (Lipinski definition) is 5. The zero-order valence-corrected chi connectivity index (χ0v) is 13.8. The van der Waals surface area contributed by atoms with E-state index >= 15 is 0 Å². The molecule has 5 nitrogen and oxygen atoms in total. The molecule has 0 saturated heterocycles. The van der Waals surface area contributed by atoms with Crippen LogP contribution in [0.2, 0.25) is 5.02 Å². The van der Waals surface area contributed by atoms with Gasteiger partial charge in [-0.3, -0.25) is 4.98 Å². The van der Waals surface area contributed by atoms with Gasteiger partial charge in [-0.15, -0.1) is 0 Å². The standard InChI is InChI=1S/C17H13ClF2N4O/c1-9-13(24-12-3-2-10(18)6-11(12)19)7-22-8-15(9)25-14-4-5-23-17(21)16(14)20/h2-8,24H,1H3,(H2,21,23). The highest BCUT2D eigenvalue weighted by Gasteiger charge is 2.13. The van der Waals surface area contributed by atoms with E-state index in [9.17, 15) is 8.78 Å². The summed E-state index contributed by atoms with van der Waals surface area (Å²) in [4.78, 5) is 7.67. The lowest BCUT2D eigenvalue weighted by atomic mass is 10.2. The minimum Gasteiger partial charge on any atom is -0.452 e. The zero-order chi connectivity index (χ0) is 18.0. The maximum Gasteiger partial charge on any atom is 0.207 e.